The summed E-state index contributed by atoms with van der Waals surface area (Å²) in [6, 6.07) is 0. The number of carboxylic acid groups (broad SMARTS) is 1. The second-order valence-electron chi connectivity index (χ2n) is 3.80. The number of aliphatic carboxylic acids is 1. The molecule has 0 aromatic rings. The number of unbranched alkanes of at least 4 members (excludes halogenated alkanes) is 3. The topological polar surface area (TPSA) is 37.3 Å². The first-order chi connectivity index (χ1) is 6.24. The minimum Gasteiger partial charge on any atom is -0.481 e. The maximum Gasteiger partial charge on any atom is 0.307 e. The van der Waals surface area contributed by atoms with E-state index in [0.29, 0.717) is 0 Å². The van der Waals surface area contributed by atoms with Crippen LogP contribution in [0.3, 0.4) is 0 Å². The molecule has 2 heteroatoms. The predicted molar refractivity (Wildman–Crippen MR) is 52.6 cm³/mol. The van der Waals surface area contributed by atoms with Gasteiger partial charge in [-0.2, -0.15) is 0 Å². The van der Waals surface area contributed by atoms with Crippen LogP contribution in [0.15, 0.2) is 11.6 Å². The van der Waals surface area contributed by atoms with Crippen molar-refractivity contribution >= 4 is 5.97 Å². The molecule has 0 aliphatic heterocycles. The van der Waals surface area contributed by atoms with Crippen molar-refractivity contribution in [3.63, 3.8) is 0 Å². The summed E-state index contributed by atoms with van der Waals surface area (Å²) >= 11 is 0. The molecule has 0 unspecified atom stereocenters. The van der Waals surface area contributed by atoms with Crippen LogP contribution in [-0.4, -0.2) is 11.1 Å². The van der Waals surface area contributed by atoms with Crippen LogP contribution in [0.1, 0.15) is 45.4 Å². The lowest BCUT2D eigenvalue weighted by molar-refractivity contribution is -0.143. The Morgan fingerprint density at radius 3 is 2.77 bits per heavy atom. The molecule has 0 radical (unpaired) electrons. The molecule has 0 heterocycles. The molecule has 1 aliphatic rings. The van der Waals surface area contributed by atoms with Gasteiger partial charge < -0.3 is 5.11 Å². The molecular formula is C11H18O2. The van der Waals surface area contributed by atoms with Crippen LogP contribution >= 0.6 is 0 Å². The summed E-state index contributed by atoms with van der Waals surface area (Å²) in [6.07, 6.45) is 8.73. The van der Waals surface area contributed by atoms with Crippen LogP contribution in [0.4, 0.5) is 0 Å². The van der Waals surface area contributed by atoms with Crippen molar-refractivity contribution < 1.29 is 9.90 Å². The Balaban J connectivity index is 2.08. The van der Waals surface area contributed by atoms with E-state index in [9.17, 15) is 4.79 Å². The first kappa shape index (κ1) is 10.3. The first-order valence-corrected chi connectivity index (χ1v) is 5.14. The van der Waals surface area contributed by atoms with Crippen LogP contribution < -0.4 is 0 Å². The van der Waals surface area contributed by atoms with E-state index in [1.807, 2.05) is 0 Å². The quantitative estimate of drug-likeness (QED) is 0.524. The lowest BCUT2D eigenvalue weighted by atomic mass is 9.79. The fourth-order valence-electron chi connectivity index (χ4n) is 1.62. The molecule has 74 valence electrons. The highest BCUT2D eigenvalue weighted by atomic mass is 16.4. The van der Waals surface area contributed by atoms with E-state index in [-0.39, 0.29) is 5.92 Å². The maximum absolute atomic E-state index is 10.5. The Morgan fingerprint density at radius 2 is 2.23 bits per heavy atom. The van der Waals surface area contributed by atoms with Crippen molar-refractivity contribution in [3.8, 4) is 0 Å². The fraction of sp³-hybridized carbons (Fsp3) is 0.727. The van der Waals surface area contributed by atoms with Gasteiger partial charge in [0.15, 0.2) is 0 Å². The van der Waals surface area contributed by atoms with Gasteiger partial charge in [0.2, 0.25) is 0 Å². The molecule has 1 rings (SSSR count). The van der Waals surface area contributed by atoms with Gasteiger partial charge in [0.05, 0.1) is 5.92 Å². The molecule has 0 spiro atoms. The minimum absolute atomic E-state index is 0.0857. The Kier molecular flexibility index (Phi) is 4.00. The van der Waals surface area contributed by atoms with E-state index >= 15 is 0 Å². The van der Waals surface area contributed by atoms with Gasteiger partial charge in [0, 0.05) is 0 Å². The molecular weight excluding hydrogens is 164 g/mol. The van der Waals surface area contributed by atoms with E-state index in [0.717, 1.165) is 19.3 Å². The summed E-state index contributed by atoms with van der Waals surface area (Å²) in [5, 5.41) is 8.63. The number of carbonyl (C=O) groups is 1. The third-order valence-electron chi connectivity index (χ3n) is 2.61. The molecule has 1 fully saturated rings. The maximum atomic E-state index is 10.5. The van der Waals surface area contributed by atoms with Crippen LogP contribution in [0.25, 0.3) is 0 Å². The Hall–Kier alpha value is -0.790. The number of rotatable bonds is 5. The van der Waals surface area contributed by atoms with Crippen molar-refractivity contribution in [1.82, 2.24) is 0 Å². The Labute approximate surface area is 79.6 Å². The monoisotopic (exact) mass is 182 g/mol. The van der Waals surface area contributed by atoms with Gasteiger partial charge in [-0.3, -0.25) is 4.79 Å². The number of allylic oxidation sites excluding steroid dienone is 2. The summed E-state index contributed by atoms with van der Waals surface area (Å²) in [4.78, 5) is 10.5. The van der Waals surface area contributed by atoms with Crippen LogP contribution in [0.2, 0.25) is 0 Å². The van der Waals surface area contributed by atoms with Gasteiger partial charge in [-0.1, -0.05) is 31.4 Å². The average Bonchev–Trinajstić information content (AvgIpc) is 2.00. The van der Waals surface area contributed by atoms with Crippen molar-refractivity contribution in [3.05, 3.63) is 11.6 Å². The van der Waals surface area contributed by atoms with E-state index in [4.69, 9.17) is 5.11 Å². The molecule has 0 aromatic carbocycles. The highest BCUT2D eigenvalue weighted by Gasteiger charge is 2.28. The molecule has 1 aliphatic carbocycles. The van der Waals surface area contributed by atoms with Gasteiger partial charge in [-0.05, 0) is 25.7 Å². The van der Waals surface area contributed by atoms with E-state index < -0.39 is 5.97 Å². The molecule has 0 aromatic heterocycles. The normalized spacial score (nSPS) is 21.0. The first-order valence-electron chi connectivity index (χ1n) is 5.14. The lowest BCUT2D eigenvalue weighted by Crippen LogP contribution is -2.23. The molecule has 0 saturated heterocycles. The second-order valence-corrected chi connectivity index (χ2v) is 3.80. The average molecular weight is 182 g/mol. The second kappa shape index (κ2) is 5.05. The summed E-state index contributed by atoms with van der Waals surface area (Å²) in [5.74, 6) is -0.719. The van der Waals surface area contributed by atoms with Gasteiger partial charge in [0.25, 0.3) is 0 Å². The van der Waals surface area contributed by atoms with Crippen LogP contribution in [0.5, 0.6) is 0 Å². The van der Waals surface area contributed by atoms with Crippen molar-refractivity contribution in [2.45, 2.75) is 45.4 Å². The van der Waals surface area contributed by atoms with Gasteiger partial charge in [-0.15, -0.1) is 0 Å². The van der Waals surface area contributed by atoms with Crippen LogP contribution in [0, 0.1) is 5.92 Å². The number of carboxylic acids is 1. The minimum atomic E-state index is -0.634. The largest absolute Gasteiger partial charge is 0.481 e. The molecule has 1 N–H and O–H groups in total. The summed E-state index contributed by atoms with van der Waals surface area (Å²) in [5.41, 5.74) is 1.35. The van der Waals surface area contributed by atoms with Crippen molar-refractivity contribution in [2.24, 2.45) is 5.92 Å². The summed E-state index contributed by atoms with van der Waals surface area (Å²) < 4.78 is 0. The fourth-order valence-corrected chi connectivity index (χ4v) is 1.62. The summed E-state index contributed by atoms with van der Waals surface area (Å²) in [6.45, 7) is 2.19. The zero-order chi connectivity index (χ0) is 9.68. The van der Waals surface area contributed by atoms with E-state index in [2.05, 4.69) is 13.0 Å². The molecule has 1 saturated carbocycles. The Bertz CT molecular complexity index is 198. The van der Waals surface area contributed by atoms with Gasteiger partial charge in [-0.25, -0.2) is 0 Å². The van der Waals surface area contributed by atoms with E-state index in [1.54, 1.807) is 0 Å². The standard InChI is InChI=1S/C11H18O2/c1-2-3-4-5-6-9-7-10(8-9)11(12)13/h6,10H,2-5,7-8H2,1H3,(H,12,13). The predicted octanol–water partition coefficient (Wildman–Crippen LogP) is 2.99. The molecule has 13 heavy (non-hydrogen) atoms. The highest BCUT2D eigenvalue weighted by molar-refractivity contribution is 5.72. The van der Waals surface area contributed by atoms with Crippen molar-refractivity contribution in [1.29, 1.82) is 0 Å². The number of hydrogen-bond donors (Lipinski definition) is 1. The Morgan fingerprint density at radius 1 is 1.54 bits per heavy atom. The molecule has 0 amide bonds. The molecule has 0 bridgehead atoms. The zero-order valence-electron chi connectivity index (χ0n) is 8.25. The lowest BCUT2D eigenvalue weighted by Gasteiger charge is -2.25. The van der Waals surface area contributed by atoms with E-state index in [1.165, 1.54) is 24.8 Å². The smallest absolute Gasteiger partial charge is 0.307 e. The van der Waals surface area contributed by atoms with Crippen molar-refractivity contribution in [2.75, 3.05) is 0 Å². The zero-order valence-corrected chi connectivity index (χ0v) is 8.25. The summed E-state index contributed by atoms with van der Waals surface area (Å²) in [7, 11) is 0. The molecule has 2 nitrogen and oxygen atoms in total. The third kappa shape index (κ3) is 3.21. The highest BCUT2D eigenvalue weighted by Crippen LogP contribution is 2.33. The SMILES string of the molecule is CCCCCC=C1CC(C(=O)O)C1. The van der Waals surface area contributed by atoms with Gasteiger partial charge >= 0.3 is 5.97 Å². The molecule has 0 atom stereocenters. The van der Waals surface area contributed by atoms with Crippen LogP contribution in [-0.2, 0) is 4.79 Å². The van der Waals surface area contributed by atoms with Gasteiger partial charge in [0.1, 0.15) is 0 Å². The number of hydrogen-bond acceptors (Lipinski definition) is 1. The third-order valence-corrected chi connectivity index (χ3v) is 2.61.